The highest BCUT2D eigenvalue weighted by atomic mass is 32.2. The average molecular weight is 400 g/mol. The van der Waals surface area contributed by atoms with Gasteiger partial charge in [0.25, 0.3) is 0 Å². The van der Waals surface area contributed by atoms with Gasteiger partial charge >= 0.3 is 0 Å². The van der Waals surface area contributed by atoms with Crippen LogP contribution in [0.25, 0.3) is 5.69 Å². The second kappa shape index (κ2) is 9.84. The quantitative estimate of drug-likeness (QED) is 0.439. The second-order valence-corrected chi connectivity index (χ2v) is 7.04. The summed E-state index contributed by atoms with van der Waals surface area (Å²) in [4.78, 5) is 14.2. The number of tetrazole rings is 1. The molecule has 3 aromatic rings. The molecule has 1 aromatic heterocycles. The molecule has 0 radical (unpaired) electrons. The lowest BCUT2D eigenvalue weighted by Gasteiger charge is -2.19. The fourth-order valence-corrected chi connectivity index (χ4v) is 3.30. The van der Waals surface area contributed by atoms with Gasteiger partial charge in [-0.15, -0.1) is 5.10 Å². The molecule has 2 aromatic carbocycles. The molecule has 0 aliphatic rings. The molecule has 0 saturated carbocycles. The molecule has 0 fully saturated rings. The van der Waals surface area contributed by atoms with E-state index in [2.05, 4.69) is 37.9 Å². The van der Waals surface area contributed by atoms with Crippen molar-refractivity contribution in [1.29, 1.82) is 0 Å². The molecule has 1 N–H and O–H groups in total. The largest absolute Gasteiger partial charge is 0.375 e. The molecule has 0 spiro atoms. The number of halogens is 1. The number of para-hydroxylation sites is 1. The first-order chi connectivity index (χ1) is 13.6. The Morgan fingerprint density at radius 3 is 2.82 bits per heavy atom. The molecule has 0 bridgehead atoms. The van der Waals surface area contributed by atoms with Crippen molar-refractivity contribution >= 4 is 23.4 Å². The summed E-state index contributed by atoms with van der Waals surface area (Å²) in [6.07, 6.45) is 0.836. The summed E-state index contributed by atoms with van der Waals surface area (Å²) >= 11 is 1.21. The van der Waals surface area contributed by atoms with E-state index in [0.717, 1.165) is 18.7 Å². The van der Waals surface area contributed by atoms with Gasteiger partial charge in [0.2, 0.25) is 11.1 Å². The van der Waals surface area contributed by atoms with Crippen LogP contribution in [0.5, 0.6) is 0 Å². The Balaban J connectivity index is 1.41. The van der Waals surface area contributed by atoms with E-state index in [1.165, 1.54) is 28.6 Å². The first-order valence-corrected chi connectivity index (χ1v) is 9.82. The van der Waals surface area contributed by atoms with Crippen LogP contribution in [0, 0.1) is 5.82 Å². The molecule has 0 aliphatic heterocycles. The molecule has 0 unspecified atom stereocenters. The zero-order chi connectivity index (χ0) is 19.8. The van der Waals surface area contributed by atoms with Gasteiger partial charge in [-0.2, -0.15) is 4.68 Å². The number of nitrogens with one attached hydrogen (secondary N) is 1. The summed E-state index contributed by atoms with van der Waals surface area (Å²) in [7, 11) is 2.03. The molecule has 1 amide bonds. The van der Waals surface area contributed by atoms with E-state index in [-0.39, 0.29) is 17.5 Å². The Bertz CT molecular complexity index is 904. The van der Waals surface area contributed by atoms with Crippen molar-refractivity contribution in [3.05, 3.63) is 60.4 Å². The summed E-state index contributed by atoms with van der Waals surface area (Å²) in [6.45, 7) is 1.43. The number of carbonyl (C=O) groups is 1. The number of nitrogens with zero attached hydrogens (tertiary/aromatic N) is 5. The van der Waals surface area contributed by atoms with Gasteiger partial charge in [0, 0.05) is 25.8 Å². The zero-order valence-corrected chi connectivity index (χ0v) is 16.3. The van der Waals surface area contributed by atoms with Crippen LogP contribution in [0.15, 0.2) is 59.8 Å². The van der Waals surface area contributed by atoms with Crippen molar-refractivity contribution < 1.29 is 9.18 Å². The number of aromatic nitrogens is 4. The predicted octanol–water partition coefficient (Wildman–Crippen LogP) is 2.54. The van der Waals surface area contributed by atoms with Crippen LogP contribution >= 0.6 is 11.8 Å². The molecule has 146 valence electrons. The Kier molecular flexibility index (Phi) is 6.96. The topological polar surface area (TPSA) is 75.9 Å². The van der Waals surface area contributed by atoms with Gasteiger partial charge < -0.3 is 10.2 Å². The van der Waals surface area contributed by atoms with Crippen molar-refractivity contribution in [3.63, 3.8) is 0 Å². The number of anilines is 1. The Labute approximate surface area is 166 Å². The van der Waals surface area contributed by atoms with Gasteiger partial charge in [-0.05, 0) is 47.2 Å². The smallest absolute Gasteiger partial charge is 0.230 e. The molecule has 28 heavy (non-hydrogen) atoms. The van der Waals surface area contributed by atoms with E-state index >= 15 is 0 Å². The number of hydrogen-bond acceptors (Lipinski definition) is 6. The number of rotatable bonds is 9. The highest BCUT2D eigenvalue weighted by molar-refractivity contribution is 7.99. The van der Waals surface area contributed by atoms with Crippen LogP contribution in [0.1, 0.15) is 6.42 Å². The third-order valence-corrected chi connectivity index (χ3v) is 4.93. The molecule has 0 atom stereocenters. The highest BCUT2D eigenvalue weighted by Crippen LogP contribution is 2.18. The fourth-order valence-electron chi connectivity index (χ4n) is 2.58. The average Bonchev–Trinajstić information content (AvgIpc) is 3.19. The number of carbonyl (C=O) groups excluding carboxylic acids is 1. The van der Waals surface area contributed by atoms with E-state index in [1.54, 1.807) is 12.1 Å². The predicted molar refractivity (Wildman–Crippen MR) is 107 cm³/mol. The van der Waals surface area contributed by atoms with Crippen molar-refractivity contribution in [2.45, 2.75) is 11.6 Å². The first-order valence-electron chi connectivity index (χ1n) is 8.83. The summed E-state index contributed by atoms with van der Waals surface area (Å²) in [5.74, 6) is -0.284. The third-order valence-electron chi connectivity index (χ3n) is 4.02. The molecule has 0 aliphatic carbocycles. The standard InChI is InChI=1S/C19H21FN6OS/c1-25(16-8-3-2-4-9-16)12-6-11-21-18(27)14-28-19-22-23-24-26(19)17-10-5-7-15(20)13-17/h2-5,7-10,13H,6,11-12,14H2,1H3,(H,21,27). The van der Waals surface area contributed by atoms with Crippen LogP contribution in [0.3, 0.4) is 0 Å². The molecule has 9 heteroatoms. The molecular formula is C19H21FN6OS. The minimum Gasteiger partial charge on any atom is -0.375 e. The zero-order valence-electron chi connectivity index (χ0n) is 15.5. The summed E-state index contributed by atoms with van der Waals surface area (Å²) < 4.78 is 14.8. The molecule has 0 saturated heterocycles. The van der Waals surface area contributed by atoms with E-state index < -0.39 is 0 Å². The monoisotopic (exact) mass is 400 g/mol. The summed E-state index contributed by atoms with van der Waals surface area (Å²) in [5.41, 5.74) is 1.66. The maximum absolute atomic E-state index is 13.4. The SMILES string of the molecule is CN(CCCNC(=O)CSc1nnnn1-c1cccc(F)c1)c1ccccc1. The van der Waals surface area contributed by atoms with Gasteiger partial charge in [-0.25, -0.2) is 4.39 Å². The lowest BCUT2D eigenvalue weighted by molar-refractivity contribution is -0.118. The molecule has 1 heterocycles. The van der Waals surface area contributed by atoms with E-state index in [0.29, 0.717) is 17.4 Å². The van der Waals surface area contributed by atoms with Gasteiger partial charge in [-0.3, -0.25) is 4.79 Å². The van der Waals surface area contributed by atoms with Crippen molar-refractivity contribution in [2.75, 3.05) is 30.8 Å². The van der Waals surface area contributed by atoms with E-state index in [4.69, 9.17) is 0 Å². The minimum absolute atomic E-state index is 0.0962. The lowest BCUT2D eigenvalue weighted by Crippen LogP contribution is -2.29. The van der Waals surface area contributed by atoms with Gasteiger partial charge in [0.15, 0.2) is 0 Å². The van der Waals surface area contributed by atoms with E-state index in [1.807, 2.05) is 25.2 Å². The summed E-state index contributed by atoms with van der Waals surface area (Å²) in [6, 6.07) is 16.1. The Hall–Kier alpha value is -2.94. The normalized spacial score (nSPS) is 10.6. The molecule has 7 nitrogen and oxygen atoms in total. The number of hydrogen-bond donors (Lipinski definition) is 1. The minimum atomic E-state index is -0.373. The van der Waals surface area contributed by atoms with Crippen LogP contribution in [-0.2, 0) is 4.79 Å². The first kappa shape index (κ1) is 19.8. The summed E-state index contributed by atoms with van der Waals surface area (Å²) in [5, 5.41) is 14.7. The maximum Gasteiger partial charge on any atom is 0.230 e. The number of thioether (sulfide) groups is 1. The maximum atomic E-state index is 13.4. The van der Waals surface area contributed by atoms with Crippen LogP contribution in [-0.4, -0.2) is 52.0 Å². The van der Waals surface area contributed by atoms with Gasteiger partial charge in [0.1, 0.15) is 5.82 Å². The third kappa shape index (κ3) is 5.53. The Morgan fingerprint density at radius 1 is 1.21 bits per heavy atom. The van der Waals surface area contributed by atoms with E-state index in [9.17, 15) is 9.18 Å². The van der Waals surface area contributed by atoms with Crippen molar-refractivity contribution in [3.8, 4) is 5.69 Å². The fraction of sp³-hybridized carbons (Fsp3) is 0.263. The highest BCUT2D eigenvalue weighted by Gasteiger charge is 2.12. The molecular weight excluding hydrogens is 379 g/mol. The van der Waals surface area contributed by atoms with Crippen molar-refractivity contribution in [2.24, 2.45) is 0 Å². The second-order valence-electron chi connectivity index (χ2n) is 6.10. The lowest BCUT2D eigenvalue weighted by atomic mass is 10.3. The Morgan fingerprint density at radius 2 is 2.04 bits per heavy atom. The molecule has 3 rings (SSSR count). The van der Waals surface area contributed by atoms with Crippen LogP contribution < -0.4 is 10.2 Å². The van der Waals surface area contributed by atoms with Gasteiger partial charge in [-0.1, -0.05) is 36.0 Å². The van der Waals surface area contributed by atoms with Crippen LogP contribution in [0.2, 0.25) is 0 Å². The number of amides is 1. The number of benzene rings is 2. The van der Waals surface area contributed by atoms with Crippen molar-refractivity contribution in [1.82, 2.24) is 25.5 Å². The van der Waals surface area contributed by atoms with Gasteiger partial charge in [0.05, 0.1) is 11.4 Å². The van der Waals surface area contributed by atoms with Crippen LogP contribution in [0.4, 0.5) is 10.1 Å².